The molecule has 1 aromatic carbocycles. The maximum absolute atomic E-state index is 9.84. The predicted octanol–water partition coefficient (Wildman–Crippen LogP) is 3.09. The molecule has 0 unspecified atom stereocenters. The molecule has 100 valence electrons. The zero-order valence-electron chi connectivity index (χ0n) is 10.3. The third kappa shape index (κ3) is 2.51. The maximum atomic E-state index is 9.84. The lowest BCUT2D eigenvalue weighted by atomic mass is 10.1. The molecular formula is C13H14ClN3O2. The van der Waals surface area contributed by atoms with E-state index in [1.807, 2.05) is 0 Å². The van der Waals surface area contributed by atoms with E-state index in [1.54, 1.807) is 12.1 Å². The van der Waals surface area contributed by atoms with Gasteiger partial charge in [-0.25, -0.2) is 0 Å². The highest BCUT2D eigenvalue weighted by Gasteiger charge is 2.18. The first-order valence-electron chi connectivity index (χ1n) is 6.31. The summed E-state index contributed by atoms with van der Waals surface area (Å²) >= 11 is 5.80. The van der Waals surface area contributed by atoms with Crippen LogP contribution in [0.5, 0.6) is 5.75 Å². The van der Waals surface area contributed by atoms with E-state index < -0.39 is 0 Å². The van der Waals surface area contributed by atoms with E-state index in [1.165, 1.54) is 12.5 Å². The van der Waals surface area contributed by atoms with Crippen LogP contribution in [-0.4, -0.2) is 28.3 Å². The molecule has 19 heavy (non-hydrogen) atoms. The molecule has 0 saturated carbocycles. The standard InChI is InChI=1S/C13H14ClN3O2/c14-9-4-5-10(11(18)8-9)12-15-13(16-19-12)17-6-2-1-3-7-17/h4-5,8,18H,1-3,6-7H2. The summed E-state index contributed by atoms with van der Waals surface area (Å²) in [6.45, 7) is 1.90. The molecule has 0 spiro atoms. The van der Waals surface area contributed by atoms with Crippen LogP contribution in [0, 0.1) is 0 Å². The molecule has 1 saturated heterocycles. The van der Waals surface area contributed by atoms with Gasteiger partial charge < -0.3 is 14.5 Å². The molecular weight excluding hydrogens is 266 g/mol. The molecule has 3 rings (SSSR count). The molecule has 2 aromatic rings. The Morgan fingerprint density at radius 2 is 2.00 bits per heavy atom. The summed E-state index contributed by atoms with van der Waals surface area (Å²) in [4.78, 5) is 6.44. The van der Waals surface area contributed by atoms with Gasteiger partial charge >= 0.3 is 0 Å². The number of piperidine rings is 1. The lowest BCUT2D eigenvalue weighted by Crippen LogP contribution is -2.30. The van der Waals surface area contributed by atoms with Crippen LogP contribution in [-0.2, 0) is 0 Å². The Bertz CT molecular complexity index is 579. The lowest BCUT2D eigenvalue weighted by molar-refractivity contribution is 0.421. The Balaban J connectivity index is 1.87. The van der Waals surface area contributed by atoms with Crippen molar-refractivity contribution in [1.82, 2.24) is 10.1 Å². The third-order valence-corrected chi connectivity index (χ3v) is 3.48. The molecule has 1 aromatic heterocycles. The fraction of sp³-hybridized carbons (Fsp3) is 0.385. The van der Waals surface area contributed by atoms with Crippen molar-refractivity contribution in [3.8, 4) is 17.2 Å². The topological polar surface area (TPSA) is 62.4 Å². The Morgan fingerprint density at radius 3 is 2.74 bits per heavy atom. The molecule has 1 aliphatic rings. The summed E-state index contributed by atoms with van der Waals surface area (Å²) in [7, 11) is 0. The number of nitrogens with zero attached hydrogens (tertiary/aromatic N) is 3. The highest BCUT2D eigenvalue weighted by molar-refractivity contribution is 6.30. The van der Waals surface area contributed by atoms with Crippen LogP contribution in [0.4, 0.5) is 5.95 Å². The number of benzene rings is 1. The Morgan fingerprint density at radius 1 is 1.21 bits per heavy atom. The summed E-state index contributed by atoms with van der Waals surface area (Å²) < 4.78 is 5.22. The average molecular weight is 280 g/mol. The molecule has 0 aliphatic carbocycles. The van der Waals surface area contributed by atoms with Gasteiger partial charge in [-0.05, 0) is 42.6 Å². The number of halogens is 1. The van der Waals surface area contributed by atoms with Crippen LogP contribution in [0.1, 0.15) is 19.3 Å². The number of phenolic OH excluding ortho intramolecular Hbond substituents is 1. The Labute approximate surface area is 115 Å². The summed E-state index contributed by atoms with van der Waals surface area (Å²) in [6.07, 6.45) is 3.55. The van der Waals surface area contributed by atoms with E-state index in [0.29, 0.717) is 22.4 Å². The molecule has 1 fully saturated rings. The van der Waals surface area contributed by atoms with Gasteiger partial charge in [-0.15, -0.1) is 0 Å². The van der Waals surface area contributed by atoms with E-state index in [9.17, 15) is 5.11 Å². The minimum Gasteiger partial charge on any atom is -0.507 e. The average Bonchev–Trinajstić information content (AvgIpc) is 2.89. The minimum atomic E-state index is 0.0429. The van der Waals surface area contributed by atoms with Gasteiger partial charge in [0, 0.05) is 18.1 Å². The van der Waals surface area contributed by atoms with Crippen LogP contribution < -0.4 is 4.90 Å². The van der Waals surface area contributed by atoms with Gasteiger partial charge in [0.25, 0.3) is 11.8 Å². The van der Waals surface area contributed by atoms with Crippen LogP contribution in [0.25, 0.3) is 11.5 Å². The van der Waals surface area contributed by atoms with Crippen LogP contribution in [0.3, 0.4) is 0 Å². The molecule has 5 nitrogen and oxygen atoms in total. The predicted molar refractivity (Wildman–Crippen MR) is 72.5 cm³/mol. The monoisotopic (exact) mass is 279 g/mol. The maximum Gasteiger partial charge on any atom is 0.266 e. The van der Waals surface area contributed by atoms with Gasteiger partial charge in [-0.1, -0.05) is 11.6 Å². The Hall–Kier alpha value is -1.75. The molecule has 0 atom stereocenters. The Kier molecular flexibility index (Phi) is 3.29. The number of rotatable bonds is 2. The fourth-order valence-corrected chi connectivity index (χ4v) is 2.40. The molecule has 1 N–H and O–H groups in total. The van der Waals surface area contributed by atoms with E-state index in [-0.39, 0.29) is 5.75 Å². The number of hydrogen-bond acceptors (Lipinski definition) is 5. The van der Waals surface area contributed by atoms with Crippen molar-refractivity contribution in [3.63, 3.8) is 0 Å². The molecule has 2 heterocycles. The number of hydrogen-bond donors (Lipinski definition) is 1. The molecule has 0 bridgehead atoms. The summed E-state index contributed by atoms with van der Waals surface area (Å²) in [5.41, 5.74) is 0.500. The largest absolute Gasteiger partial charge is 0.507 e. The third-order valence-electron chi connectivity index (χ3n) is 3.24. The first kappa shape index (κ1) is 12.3. The highest BCUT2D eigenvalue weighted by Crippen LogP contribution is 2.31. The second-order valence-corrected chi connectivity index (χ2v) is 5.05. The van der Waals surface area contributed by atoms with Crippen molar-refractivity contribution in [3.05, 3.63) is 23.2 Å². The lowest BCUT2D eigenvalue weighted by Gasteiger charge is -2.24. The normalized spacial score (nSPS) is 15.7. The minimum absolute atomic E-state index is 0.0429. The number of aromatic hydroxyl groups is 1. The van der Waals surface area contributed by atoms with E-state index in [4.69, 9.17) is 16.1 Å². The molecule has 6 heteroatoms. The van der Waals surface area contributed by atoms with Crippen LogP contribution >= 0.6 is 11.6 Å². The second kappa shape index (κ2) is 5.09. The quantitative estimate of drug-likeness (QED) is 0.915. The fourth-order valence-electron chi connectivity index (χ4n) is 2.23. The van der Waals surface area contributed by atoms with Crippen molar-refractivity contribution >= 4 is 17.5 Å². The number of anilines is 1. The number of aromatic nitrogens is 2. The van der Waals surface area contributed by atoms with Crippen LogP contribution in [0.2, 0.25) is 5.02 Å². The van der Waals surface area contributed by atoms with Gasteiger partial charge in [0.1, 0.15) is 5.75 Å². The second-order valence-electron chi connectivity index (χ2n) is 4.61. The SMILES string of the molecule is Oc1cc(Cl)ccc1-c1nc(N2CCCCC2)no1. The van der Waals surface area contributed by atoms with Crippen molar-refractivity contribution in [2.24, 2.45) is 0 Å². The van der Waals surface area contributed by atoms with E-state index >= 15 is 0 Å². The first-order chi connectivity index (χ1) is 9.24. The van der Waals surface area contributed by atoms with Crippen molar-refractivity contribution in [2.45, 2.75) is 19.3 Å². The van der Waals surface area contributed by atoms with E-state index in [0.717, 1.165) is 25.9 Å². The smallest absolute Gasteiger partial charge is 0.266 e. The molecule has 0 radical (unpaired) electrons. The van der Waals surface area contributed by atoms with Gasteiger partial charge in [0.15, 0.2) is 0 Å². The molecule has 0 amide bonds. The summed E-state index contributed by atoms with van der Waals surface area (Å²) in [5.74, 6) is 0.945. The van der Waals surface area contributed by atoms with Crippen LogP contribution in [0.15, 0.2) is 22.7 Å². The highest BCUT2D eigenvalue weighted by atomic mass is 35.5. The molecule has 1 aliphatic heterocycles. The van der Waals surface area contributed by atoms with Gasteiger partial charge in [-0.3, -0.25) is 0 Å². The first-order valence-corrected chi connectivity index (χ1v) is 6.69. The number of phenols is 1. The van der Waals surface area contributed by atoms with Gasteiger partial charge in [0.2, 0.25) is 0 Å². The van der Waals surface area contributed by atoms with E-state index in [2.05, 4.69) is 15.0 Å². The summed E-state index contributed by atoms with van der Waals surface area (Å²) in [6, 6.07) is 4.81. The van der Waals surface area contributed by atoms with Gasteiger partial charge in [-0.2, -0.15) is 4.98 Å². The van der Waals surface area contributed by atoms with Gasteiger partial charge in [0.05, 0.1) is 5.56 Å². The van der Waals surface area contributed by atoms with Crippen molar-refractivity contribution in [2.75, 3.05) is 18.0 Å². The van der Waals surface area contributed by atoms with Crippen molar-refractivity contribution < 1.29 is 9.63 Å². The van der Waals surface area contributed by atoms with Crippen molar-refractivity contribution in [1.29, 1.82) is 0 Å². The zero-order chi connectivity index (χ0) is 13.2. The summed E-state index contributed by atoms with van der Waals surface area (Å²) in [5, 5.41) is 14.3. The zero-order valence-corrected chi connectivity index (χ0v) is 11.1.